The van der Waals surface area contributed by atoms with Crippen LogP contribution in [0.3, 0.4) is 0 Å². The summed E-state index contributed by atoms with van der Waals surface area (Å²) in [4.78, 5) is 10.4. The Morgan fingerprint density at radius 3 is 1.80 bits per heavy atom. The highest BCUT2D eigenvalue weighted by Gasteiger charge is 2.22. The minimum atomic E-state index is 0.228. The molecule has 0 saturated heterocycles. The van der Waals surface area contributed by atoms with Gasteiger partial charge in [0.15, 0.2) is 0 Å². The van der Waals surface area contributed by atoms with E-state index in [1.807, 2.05) is 6.20 Å². The van der Waals surface area contributed by atoms with Crippen molar-refractivity contribution in [3.63, 3.8) is 0 Å². The lowest BCUT2D eigenvalue weighted by Crippen LogP contribution is -1.97. The molecule has 0 N–H and O–H groups in total. The maximum Gasteiger partial charge on any atom is 0.143 e. The van der Waals surface area contributed by atoms with Gasteiger partial charge in [-0.3, -0.25) is 4.98 Å². The van der Waals surface area contributed by atoms with Gasteiger partial charge in [-0.1, -0.05) is 152 Å². The van der Waals surface area contributed by atoms with Crippen molar-refractivity contribution in [1.29, 1.82) is 0 Å². The van der Waals surface area contributed by atoms with Gasteiger partial charge < -0.3 is 4.42 Å². The summed E-state index contributed by atoms with van der Waals surface area (Å²) in [7, 11) is 0. The highest BCUT2D eigenvalue weighted by Crippen LogP contribution is 2.45. The fourth-order valence-corrected chi connectivity index (χ4v) is 8.51. The molecule has 55 heavy (non-hydrogen) atoms. The van der Waals surface area contributed by atoms with E-state index in [4.69, 9.17) is 14.4 Å². The van der Waals surface area contributed by atoms with Crippen molar-refractivity contribution in [2.24, 2.45) is 0 Å². The second kappa shape index (κ2) is 12.8. The Hall–Kier alpha value is -7.10. The molecule has 1 aliphatic rings. The lowest BCUT2D eigenvalue weighted by Gasteiger charge is -2.15. The molecule has 1 atom stereocenters. The zero-order chi connectivity index (χ0) is 36.3. The minimum Gasteiger partial charge on any atom is -0.455 e. The fraction of sp³-hybridized carbons (Fsp3) is 0.0385. The number of aromatic nitrogens is 2. The molecule has 0 bridgehead atoms. The average molecular weight is 703 g/mol. The first-order chi connectivity index (χ1) is 27.3. The first-order valence-electron chi connectivity index (χ1n) is 18.9. The summed E-state index contributed by atoms with van der Waals surface area (Å²) in [6.07, 6.45) is 11.7. The van der Waals surface area contributed by atoms with E-state index in [2.05, 4.69) is 182 Å². The summed E-state index contributed by atoms with van der Waals surface area (Å²) in [6, 6.07) is 56.2. The van der Waals surface area contributed by atoms with Gasteiger partial charge in [0.05, 0.1) is 22.9 Å². The predicted octanol–water partition coefficient (Wildman–Crippen LogP) is 14.1. The summed E-state index contributed by atoms with van der Waals surface area (Å²) < 4.78 is 7.03. The lowest BCUT2D eigenvalue weighted by atomic mass is 9.88. The van der Waals surface area contributed by atoms with Crippen molar-refractivity contribution in [2.45, 2.75) is 12.3 Å². The molecule has 3 heteroatoms. The van der Waals surface area contributed by atoms with Crippen molar-refractivity contribution in [1.82, 2.24) is 9.97 Å². The SMILES string of the molecule is C1=CCC(c2cc(-c3ccccc3)cc3c2oc2c(-c4ccccc4)cc(-c4cccc(-c5cnc6c7ccccc7c7ccccc7c6n5)c4)cc23)C=C1. The van der Waals surface area contributed by atoms with E-state index >= 15 is 0 Å². The van der Waals surface area contributed by atoms with Crippen LogP contribution >= 0.6 is 0 Å². The van der Waals surface area contributed by atoms with Crippen molar-refractivity contribution in [3.8, 4) is 44.6 Å². The van der Waals surface area contributed by atoms with Gasteiger partial charge in [-0.25, -0.2) is 4.98 Å². The summed E-state index contributed by atoms with van der Waals surface area (Å²) in [5.41, 5.74) is 13.6. The molecule has 1 aliphatic carbocycles. The predicted molar refractivity (Wildman–Crippen MR) is 229 cm³/mol. The fourth-order valence-electron chi connectivity index (χ4n) is 8.51. The molecule has 11 rings (SSSR count). The summed E-state index contributed by atoms with van der Waals surface area (Å²) >= 11 is 0. The number of fused-ring (bicyclic) bond motifs is 9. The molecule has 0 amide bonds. The van der Waals surface area contributed by atoms with Gasteiger partial charge in [-0.15, -0.1) is 0 Å². The smallest absolute Gasteiger partial charge is 0.143 e. The van der Waals surface area contributed by atoms with E-state index in [-0.39, 0.29) is 5.92 Å². The number of benzene rings is 8. The van der Waals surface area contributed by atoms with E-state index in [1.165, 1.54) is 27.5 Å². The molecule has 0 spiro atoms. The highest BCUT2D eigenvalue weighted by molar-refractivity contribution is 6.23. The molecule has 2 heterocycles. The van der Waals surface area contributed by atoms with Crippen LogP contribution in [0.2, 0.25) is 0 Å². The first kappa shape index (κ1) is 31.4. The van der Waals surface area contributed by atoms with Crippen LogP contribution in [0.25, 0.3) is 99.2 Å². The zero-order valence-electron chi connectivity index (χ0n) is 30.0. The maximum absolute atomic E-state index is 7.03. The van der Waals surface area contributed by atoms with Crippen LogP contribution in [0.15, 0.2) is 193 Å². The Morgan fingerprint density at radius 1 is 0.455 bits per heavy atom. The number of nitrogens with zero attached hydrogens (tertiary/aromatic N) is 2. The Morgan fingerprint density at radius 2 is 1.07 bits per heavy atom. The van der Waals surface area contributed by atoms with E-state index in [1.54, 1.807) is 0 Å². The van der Waals surface area contributed by atoms with Crippen molar-refractivity contribution >= 4 is 54.5 Å². The standard InChI is InChI=1S/C52H34N2O/c1-4-15-33(16-5-1)38-28-44(34-17-6-2-7-18-34)51-46(30-38)47-31-39(29-45(52(47)55-51)35-19-8-3-9-20-35)36-21-14-22-37(27-36)48-32-53-49-42-25-12-10-23-40(42)41-24-11-13-26-43(41)50(49)54-48/h1-17,19-32,34H,18H2. The molecular weight excluding hydrogens is 669 g/mol. The van der Waals surface area contributed by atoms with Crippen LogP contribution in [0, 0.1) is 0 Å². The number of rotatable bonds is 5. The Kier molecular flexibility index (Phi) is 7.31. The van der Waals surface area contributed by atoms with Gasteiger partial charge >= 0.3 is 0 Å². The van der Waals surface area contributed by atoms with E-state index < -0.39 is 0 Å². The molecule has 0 aliphatic heterocycles. The van der Waals surface area contributed by atoms with Crippen molar-refractivity contribution in [3.05, 3.63) is 194 Å². The lowest BCUT2D eigenvalue weighted by molar-refractivity contribution is 0.658. The summed E-state index contributed by atoms with van der Waals surface area (Å²) in [5.74, 6) is 0.228. The van der Waals surface area contributed by atoms with Gasteiger partial charge in [0.2, 0.25) is 0 Å². The van der Waals surface area contributed by atoms with Gasteiger partial charge in [0.25, 0.3) is 0 Å². The highest BCUT2D eigenvalue weighted by atomic mass is 16.3. The molecule has 258 valence electrons. The first-order valence-corrected chi connectivity index (χ1v) is 18.9. The van der Waals surface area contributed by atoms with Crippen LogP contribution in [0.1, 0.15) is 17.9 Å². The van der Waals surface area contributed by atoms with Crippen LogP contribution in [-0.2, 0) is 0 Å². The van der Waals surface area contributed by atoms with Crippen molar-refractivity contribution in [2.75, 3.05) is 0 Å². The van der Waals surface area contributed by atoms with E-state index in [0.29, 0.717) is 0 Å². The normalized spacial score (nSPS) is 14.1. The Balaban J connectivity index is 1.13. The van der Waals surface area contributed by atoms with E-state index in [0.717, 1.165) is 83.7 Å². The Bertz CT molecular complexity index is 3140. The largest absolute Gasteiger partial charge is 0.455 e. The van der Waals surface area contributed by atoms with Gasteiger partial charge in [-0.2, -0.15) is 0 Å². The average Bonchev–Trinajstić information content (AvgIpc) is 3.65. The monoisotopic (exact) mass is 702 g/mol. The molecule has 0 fully saturated rings. The molecule has 2 aromatic heterocycles. The number of furan rings is 1. The van der Waals surface area contributed by atoms with Gasteiger partial charge in [-0.05, 0) is 75.3 Å². The van der Waals surface area contributed by atoms with Gasteiger partial charge in [0, 0.05) is 44.2 Å². The number of hydrogen-bond donors (Lipinski definition) is 0. The second-order valence-corrected chi connectivity index (χ2v) is 14.5. The van der Waals surface area contributed by atoms with Crippen LogP contribution in [0.5, 0.6) is 0 Å². The van der Waals surface area contributed by atoms with Crippen LogP contribution in [0.4, 0.5) is 0 Å². The molecule has 0 saturated carbocycles. The molecule has 3 nitrogen and oxygen atoms in total. The quantitative estimate of drug-likeness (QED) is 0.168. The molecule has 10 aromatic rings. The molecule has 1 unspecified atom stereocenters. The Labute approximate surface area is 318 Å². The van der Waals surface area contributed by atoms with Gasteiger partial charge in [0.1, 0.15) is 11.2 Å². The van der Waals surface area contributed by atoms with E-state index in [9.17, 15) is 0 Å². The second-order valence-electron chi connectivity index (χ2n) is 14.5. The maximum atomic E-state index is 7.03. The molecular formula is C52H34N2O. The zero-order valence-corrected chi connectivity index (χ0v) is 30.0. The summed E-state index contributed by atoms with van der Waals surface area (Å²) in [6.45, 7) is 0. The van der Waals surface area contributed by atoms with Crippen LogP contribution < -0.4 is 0 Å². The summed E-state index contributed by atoms with van der Waals surface area (Å²) in [5, 5.41) is 6.85. The van der Waals surface area contributed by atoms with Crippen LogP contribution in [-0.4, -0.2) is 9.97 Å². The third-order valence-electron chi connectivity index (χ3n) is 11.2. The third-order valence-corrected chi connectivity index (χ3v) is 11.2. The van der Waals surface area contributed by atoms with Crippen molar-refractivity contribution < 1.29 is 4.42 Å². The molecule has 8 aromatic carbocycles. The number of allylic oxidation sites excluding steroid dienone is 4. The third kappa shape index (κ3) is 5.27. The minimum absolute atomic E-state index is 0.228. The molecule has 0 radical (unpaired) electrons. The number of hydrogen-bond acceptors (Lipinski definition) is 3. The topological polar surface area (TPSA) is 38.9 Å².